The number of carbonyl (C=O) groups excluding carboxylic acids is 1. The molecule has 6 nitrogen and oxygen atoms in total. The second-order valence-corrected chi connectivity index (χ2v) is 5.30. The summed E-state index contributed by atoms with van der Waals surface area (Å²) in [6, 6.07) is -0.155. The summed E-state index contributed by atoms with van der Waals surface area (Å²) in [6.45, 7) is 10.0. The molecule has 1 fully saturated rings. The normalized spacial score (nSPS) is 22.8. The van der Waals surface area contributed by atoms with Gasteiger partial charge < -0.3 is 20.2 Å². The van der Waals surface area contributed by atoms with Crippen molar-refractivity contribution in [2.45, 2.75) is 27.2 Å². The minimum absolute atomic E-state index is 0.155. The molecule has 0 aromatic rings. The quantitative estimate of drug-likeness (QED) is 0.750. The van der Waals surface area contributed by atoms with Crippen LogP contribution in [-0.4, -0.2) is 66.2 Å². The first-order valence-corrected chi connectivity index (χ1v) is 6.91. The Kier molecular flexibility index (Phi) is 5.60. The van der Waals surface area contributed by atoms with Gasteiger partial charge >= 0.3 is 12.0 Å². The van der Waals surface area contributed by atoms with E-state index >= 15 is 0 Å². The molecular formula is C13H25N3O3. The van der Waals surface area contributed by atoms with Gasteiger partial charge in [0.25, 0.3) is 0 Å². The van der Waals surface area contributed by atoms with E-state index in [0.717, 1.165) is 19.6 Å². The lowest BCUT2D eigenvalue weighted by Crippen LogP contribution is -2.43. The fourth-order valence-electron chi connectivity index (χ4n) is 2.28. The van der Waals surface area contributed by atoms with E-state index in [9.17, 15) is 9.59 Å². The van der Waals surface area contributed by atoms with Crippen molar-refractivity contribution in [3.05, 3.63) is 0 Å². The lowest BCUT2D eigenvalue weighted by Gasteiger charge is -2.22. The molecule has 6 heteroatoms. The number of urea groups is 1. The van der Waals surface area contributed by atoms with Crippen molar-refractivity contribution in [1.29, 1.82) is 0 Å². The van der Waals surface area contributed by atoms with Crippen LogP contribution in [0.15, 0.2) is 0 Å². The molecule has 0 aromatic carbocycles. The maximum absolute atomic E-state index is 11.9. The van der Waals surface area contributed by atoms with Crippen molar-refractivity contribution in [2.75, 3.05) is 39.3 Å². The number of nitrogens with one attached hydrogen (secondary N) is 1. The third-order valence-electron chi connectivity index (χ3n) is 3.88. The van der Waals surface area contributed by atoms with Crippen LogP contribution < -0.4 is 5.32 Å². The SMILES string of the molecule is CCN(CC)CCNC(=O)N1CCC(C)(C(=O)O)C1. The van der Waals surface area contributed by atoms with E-state index in [1.807, 2.05) is 0 Å². The maximum atomic E-state index is 11.9. The van der Waals surface area contributed by atoms with Crippen LogP contribution in [0.1, 0.15) is 27.2 Å². The molecule has 0 aliphatic carbocycles. The van der Waals surface area contributed by atoms with Crippen molar-refractivity contribution in [2.24, 2.45) is 5.41 Å². The molecule has 0 bridgehead atoms. The van der Waals surface area contributed by atoms with E-state index < -0.39 is 11.4 Å². The van der Waals surface area contributed by atoms with Crippen molar-refractivity contribution in [3.8, 4) is 0 Å². The van der Waals surface area contributed by atoms with Gasteiger partial charge in [-0.2, -0.15) is 0 Å². The molecule has 2 N–H and O–H groups in total. The molecule has 1 aliphatic heterocycles. The van der Waals surface area contributed by atoms with E-state index in [0.29, 0.717) is 26.1 Å². The molecule has 0 aromatic heterocycles. The Morgan fingerprint density at radius 3 is 2.47 bits per heavy atom. The number of hydrogen-bond acceptors (Lipinski definition) is 3. The lowest BCUT2D eigenvalue weighted by molar-refractivity contribution is -0.146. The Bertz CT molecular complexity index is 331. The number of likely N-dealkylation sites (tertiary alicyclic amines) is 1. The van der Waals surface area contributed by atoms with Gasteiger partial charge in [0.05, 0.1) is 5.41 Å². The third kappa shape index (κ3) is 4.09. The topological polar surface area (TPSA) is 72.9 Å². The van der Waals surface area contributed by atoms with Gasteiger partial charge in [-0.1, -0.05) is 13.8 Å². The molecule has 0 radical (unpaired) electrons. The zero-order valence-electron chi connectivity index (χ0n) is 12.1. The molecule has 1 heterocycles. The van der Waals surface area contributed by atoms with Gasteiger partial charge in [0, 0.05) is 26.2 Å². The van der Waals surface area contributed by atoms with Crippen molar-refractivity contribution in [3.63, 3.8) is 0 Å². The van der Waals surface area contributed by atoms with Crippen LogP contribution in [0.5, 0.6) is 0 Å². The van der Waals surface area contributed by atoms with Crippen LogP contribution >= 0.6 is 0 Å². The number of nitrogens with zero attached hydrogens (tertiary/aromatic N) is 2. The minimum Gasteiger partial charge on any atom is -0.481 e. The second kappa shape index (κ2) is 6.75. The lowest BCUT2D eigenvalue weighted by atomic mass is 9.90. The second-order valence-electron chi connectivity index (χ2n) is 5.30. The monoisotopic (exact) mass is 271 g/mol. The highest BCUT2D eigenvalue weighted by Gasteiger charge is 2.42. The van der Waals surface area contributed by atoms with Gasteiger partial charge in [0.2, 0.25) is 0 Å². The maximum Gasteiger partial charge on any atom is 0.317 e. The van der Waals surface area contributed by atoms with Crippen molar-refractivity contribution in [1.82, 2.24) is 15.1 Å². The Morgan fingerprint density at radius 2 is 2.00 bits per heavy atom. The largest absolute Gasteiger partial charge is 0.481 e. The molecule has 2 amide bonds. The molecule has 1 rings (SSSR count). The molecule has 1 atom stereocenters. The van der Waals surface area contributed by atoms with E-state index in [2.05, 4.69) is 24.1 Å². The predicted molar refractivity (Wildman–Crippen MR) is 73.1 cm³/mol. The zero-order chi connectivity index (χ0) is 14.5. The van der Waals surface area contributed by atoms with Crippen LogP contribution in [0.2, 0.25) is 0 Å². The summed E-state index contributed by atoms with van der Waals surface area (Å²) >= 11 is 0. The first kappa shape index (κ1) is 15.8. The van der Waals surface area contributed by atoms with E-state index in [-0.39, 0.29) is 6.03 Å². The number of aliphatic carboxylic acids is 1. The van der Waals surface area contributed by atoms with Gasteiger partial charge in [-0.25, -0.2) is 4.79 Å². The van der Waals surface area contributed by atoms with Crippen LogP contribution in [-0.2, 0) is 4.79 Å². The third-order valence-corrected chi connectivity index (χ3v) is 3.88. The van der Waals surface area contributed by atoms with E-state index in [1.165, 1.54) is 0 Å². The van der Waals surface area contributed by atoms with Crippen molar-refractivity contribution >= 4 is 12.0 Å². The Balaban J connectivity index is 2.34. The number of amides is 2. The predicted octanol–water partition coefficient (Wildman–Crippen LogP) is 0.834. The van der Waals surface area contributed by atoms with Crippen LogP contribution in [0, 0.1) is 5.41 Å². The van der Waals surface area contributed by atoms with Gasteiger partial charge in [-0.05, 0) is 26.4 Å². The zero-order valence-corrected chi connectivity index (χ0v) is 12.1. The molecule has 1 saturated heterocycles. The summed E-state index contributed by atoms with van der Waals surface area (Å²) in [5.41, 5.74) is -0.795. The minimum atomic E-state index is -0.828. The molecule has 1 unspecified atom stereocenters. The standard InChI is InChI=1S/C13H25N3O3/c1-4-15(5-2)9-7-14-12(19)16-8-6-13(3,10-16)11(17)18/h4-10H2,1-3H3,(H,14,19)(H,17,18). The molecule has 0 spiro atoms. The van der Waals surface area contributed by atoms with Crippen LogP contribution in [0.4, 0.5) is 4.79 Å². The number of likely N-dealkylation sites (N-methyl/N-ethyl adjacent to an activating group) is 1. The average molecular weight is 271 g/mol. The fourth-order valence-corrected chi connectivity index (χ4v) is 2.28. The number of carbonyl (C=O) groups is 2. The smallest absolute Gasteiger partial charge is 0.317 e. The highest BCUT2D eigenvalue weighted by atomic mass is 16.4. The Labute approximate surface area is 114 Å². The first-order valence-electron chi connectivity index (χ1n) is 6.91. The van der Waals surface area contributed by atoms with E-state index in [4.69, 9.17) is 5.11 Å². The van der Waals surface area contributed by atoms with Gasteiger partial charge in [0.15, 0.2) is 0 Å². The van der Waals surface area contributed by atoms with Crippen LogP contribution in [0.25, 0.3) is 0 Å². The summed E-state index contributed by atoms with van der Waals surface area (Å²) in [5, 5.41) is 12.0. The van der Waals surface area contributed by atoms with Crippen molar-refractivity contribution < 1.29 is 14.7 Å². The fraction of sp³-hybridized carbons (Fsp3) is 0.846. The Hall–Kier alpha value is -1.30. The first-order chi connectivity index (χ1) is 8.92. The summed E-state index contributed by atoms with van der Waals surface area (Å²) in [5.74, 6) is -0.828. The highest BCUT2D eigenvalue weighted by Crippen LogP contribution is 2.29. The van der Waals surface area contributed by atoms with Gasteiger partial charge in [0.1, 0.15) is 0 Å². The average Bonchev–Trinajstić information content (AvgIpc) is 2.79. The number of hydrogen-bond donors (Lipinski definition) is 2. The highest BCUT2D eigenvalue weighted by molar-refractivity contribution is 5.79. The van der Waals surface area contributed by atoms with Crippen LogP contribution in [0.3, 0.4) is 0 Å². The number of rotatable bonds is 6. The number of carboxylic acid groups (broad SMARTS) is 1. The van der Waals surface area contributed by atoms with E-state index in [1.54, 1.807) is 11.8 Å². The molecule has 110 valence electrons. The van der Waals surface area contributed by atoms with Gasteiger partial charge in [-0.3, -0.25) is 4.79 Å². The molecular weight excluding hydrogens is 246 g/mol. The molecule has 19 heavy (non-hydrogen) atoms. The van der Waals surface area contributed by atoms with Gasteiger partial charge in [-0.15, -0.1) is 0 Å². The summed E-state index contributed by atoms with van der Waals surface area (Å²) in [6.07, 6.45) is 0.520. The summed E-state index contributed by atoms with van der Waals surface area (Å²) in [7, 11) is 0. The number of carboxylic acids is 1. The summed E-state index contributed by atoms with van der Waals surface area (Å²) < 4.78 is 0. The summed E-state index contributed by atoms with van der Waals surface area (Å²) in [4.78, 5) is 26.8. The molecule has 0 saturated carbocycles. The Morgan fingerprint density at radius 1 is 1.37 bits per heavy atom. The molecule has 1 aliphatic rings.